The molecule has 0 aliphatic heterocycles. The number of aryl methyl sites for hydroxylation is 1. The third-order valence-electron chi connectivity index (χ3n) is 2.78. The van der Waals surface area contributed by atoms with Crippen molar-refractivity contribution in [3.63, 3.8) is 0 Å². The second kappa shape index (κ2) is 6.84. The lowest BCUT2D eigenvalue weighted by atomic mass is 10.1. The van der Waals surface area contributed by atoms with Gasteiger partial charge in [-0.25, -0.2) is 13.1 Å². The molecule has 1 aromatic heterocycles. The van der Waals surface area contributed by atoms with Gasteiger partial charge < -0.3 is 5.32 Å². The Bertz CT molecular complexity index is 692. The molecule has 1 amide bonds. The molecule has 2 aromatic rings. The maximum atomic E-state index is 11.8. The van der Waals surface area contributed by atoms with Crippen LogP contribution in [0.2, 0.25) is 0 Å². The lowest BCUT2D eigenvalue weighted by molar-refractivity contribution is 0.0954. The highest BCUT2D eigenvalue weighted by Crippen LogP contribution is 2.14. The van der Waals surface area contributed by atoms with Crippen molar-refractivity contribution in [2.24, 2.45) is 0 Å². The summed E-state index contributed by atoms with van der Waals surface area (Å²) in [6.45, 7) is 2.33. The molecule has 1 heterocycles. The summed E-state index contributed by atoms with van der Waals surface area (Å²) in [6, 6.07) is 10.4. The van der Waals surface area contributed by atoms with Gasteiger partial charge in [-0.1, -0.05) is 23.8 Å². The van der Waals surface area contributed by atoms with Gasteiger partial charge in [-0.3, -0.25) is 4.79 Å². The quantitative estimate of drug-likeness (QED) is 0.795. The minimum absolute atomic E-state index is 0.151. The zero-order valence-electron chi connectivity index (χ0n) is 11.5. The fraction of sp³-hybridized carbons (Fsp3) is 0.214. The Morgan fingerprint density at radius 3 is 2.48 bits per heavy atom. The molecule has 2 rings (SSSR count). The zero-order chi connectivity index (χ0) is 15.3. The minimum Gasteiger partial charge on any atom is -0.351 e. The third kappa shape index (κ3) is 4.38. The summed E-state index contributed by atoms with van der Waals surface area (Å²) in [5, 5.41) is 4.38. The van der Waals surface area contributed by atoms with Crippen molar-refractivity contribution >= 4 is 27.3 Å². The SMILES string of the molecule is Cc1ccc(C(=O)NCCNS(=O)(=O)c2cccs2)cc1. The Morgan fingerprint density at radius 1 is 1.14 bits per heavy atom. The van der Waals surface area contributed by atoms with E-state index in [1.54, 1.807) is 23.6 Å². The largest absolute Gasteiger partial charge is 0.351 e. The summed E-state index contributed by atoms with van der Waals surface area (Å²) in [4.78, 5) is 11.8. The Kier molecular flexibility index (Phi) is 5.11. The lowest BCUT2D eigenvalue weighted by Crippen LogP contribution is -2.34. The van der Waals surface area contributed by atoms with Gasteiger partial charge >= 0.3 is 0 Å². The predicted molar refractivity (Wildman–Crippen MR) is 83.0 cm³/mol. The van der Waals surface area contributed by atoms with E-state index in [1.165, 1.54) is 6.07 Å². The average Bonchev–Trinajstić information content (AvgIpc) is 2.99. The molecule has 0 radical (unpaired) electrons. The van der Waals surface area contributed by atoms with Crippen LogP contribution in [0.4, 0.5) is 0 Å². The topological polar surface area (TPSA) is 75.3 Å². The van der Waals surface area contributed by atoms with E-state index in [9.17, 15) is 13.2 Å². The molecule has 2 N–H and O–H groups in total. The van der Waals surface area contributed by atoms with E-state index in [-0.39, 0.29) is 23.2 Å². The predicted octanol–water partition coefficient (Wildman–Crippen LogP) is 1.76. The number of thiophene rings is 1. The van der Waals surface area contributed by atoms with Crippen LogP contribution in [0.5, 0.6) is 0 Å². The lowest BCUT2D eigenvalue weighted by Gasteiger charge is -2.07. The van der Waals surface area contributed by atoms with Gasteiger partial charge in [0.2, 0.25) is 10.0 Å². The summed E-state index contributed by atoms with van der Waals surface area (Å²) in [7, 11) is -3.47. The Morgan fingerprint density at radius 2 is 1.86 bits per heavy atom. The molecule has 0 fully saturated rings. The molecule has 0 aliphatic carbocycles. The van der Waals surface area contributed by atoms with E-state index in [1.807, 2.05) is 19.1 Å². The van der Waals surface area contributed by atoms with E-state index in [0.717, 1.165) is 16.9 Å². The summed E-state index contributed by atoms with van der Waals surface area (Å²) in [5.74, 6) is -0.217. The van der Waals surface area contributed by atoms with Crippen molar-refractivity contribution in [3.8, 4) is 0 Å². The number of nitrogens with one attached hydrogen (secondary N) is 2. The average molecular weight is 324 g/mol. The highest BCUT2D eigenvalue weighted by Gasteiger charge is 2.14. The van der Waals surface area contributed by atoms with Crippen molar-refractivity contribution in [2.45, 2.75) is 11.1 Å². The van der Waals surface area contributed by atoms with Gasteiger partial charge in [0, 0.05) is 18.7 Å². The molecule has 0 atom stereocenters. The molecule has 0 unspecified atom stereocenters. The van der Waals surface area contributed by atoms with Gasteiger partial charge in [0.15, 0.2) is 0 Å². The fourth-order valence-corrected chi connectivity index (χ4v) is 3.73. The number of carbonyl (C=O) groups is 1. The van der Waals surface area contributed by atoms with Crippen molar-refractivity contribution in [2.75, 3.05) is 13.1 Å². The van der Waals surface area contributed by atoms with Crippen molar-refractivity contribution in [3.05, 3.63) is 52.9 Å². The normalized spacial score (nSPS) is 11.3. The van der Waals surface area contributed by atoms with Gasteiger partial charge in [-0.2, -0.15) is 0 Å². The first kappa shape index (κ1) is 15.7. The Hall–Kier alpha value is -1.70. The second-order valence-corrected chi connectivity index (χ2v) is 7.39. The molecule has 0 bridgehead atoms. The van der Waals surface area contributed by atoms with Crippen LogP contribution in [0.3, 0.4) is 0 Å². The van der Waals surface area contributed by atoms with Crippen LogP contribution in [0.15, 0.2) is 46.0 Å². The van der Waals surface area contributed by atoms with Crippen LogP contribution in [0.1, 0.15) is 15.9 Å². The summed E-state index contributed by atoms with van der Waals surface area (Å²) in [5.41, 5.74) is 1.64. The van der Waals surface area contributed by atoms with E-state index < -0.39 is 10.0 Å². The van der Waals surface area contributed by atoms with Crippen LogP contribution in [0.25, 0.3) is 0 Å². The van der Waals surface area contributed by atoms with Gasteiger partial charge in [0.05, 0.1) is 0 Å². The van der Waals surface area contributed by atoms with Gasteiger partial charge in [-0.05, 0) is 30.5 Å². The van der Waals surface area contributed by atoms with Crippen LogP contribution >= 0.6 is 11.3 Å². The molecule has 5 nitrogen and oxygen atoms in total. The highest BCUT2D eigenvalue weighted by molar-refractivity contribution is 7.91. The summed E-state index contributed by atoms with van der Waals surface area (Å²) >= 11 is 1.15. The van der Waals surface area contributed by atoms with E-state index >= 15 is 0 Å². The minimum atomic E-state index is -3.47. The number of hydrogen-bond donors (Lipinski definition) is 2. The standard InChI is InChI=1S/C14H16N2O3S2/c1-11-4-6-12(7-5-11)14(17)15-8-9-16-21(18,19)13-3-2-10-20-13/h2-7,10,16H,8-9H2,1H3,(H,15,17). The first-order valence-electron chi connectivity index (χ1n) is 6.37. The summed E-state index contributed by atoms with van der Waals surface area (Å²) in [6.07, 6.45) is 0. The molecule has 7 heteroatoms. The van der Waals surface area contributed by atoms with Crippen molar-refractivity contribution in [1.82, 2.24) is 10.0 Å². The third-order valence-corrected chi connectivity index (χ3v) is 5.63. The van der Waals surface area contributed by atoms with Crippen molar-refractivity contribution in [1.29, 1.82) is 0 Å². The Balaban J connectivity index is 1.80. The fourth-order valence-electron chi connectivity index (χ4n) is 1.66. The molecule has 0 spiro atoms. The first-order chi connectivity index (χ1) is 9.99. The summed E-state index contributed by atoms with van der Waals surface area (Å²) < 4.78 is 26.4. The van der Waals surface area contributed by atoms with E-state index in [0.29, 0.717) is 5.56 Å². The number of carbonyl (C=O) groups excluding carboxylic acids is 1. The maximum Gasteiger partial charge on any atom is 0.251 e. The van der Waals surface area contributed by atoms with Crippen LogP contribution < -0.4 is 10.0 Å². The number of sulfonamides is 1. The second-order valence-electron chi connectivity index (χ2n) is 4.45. The van der Waals surface area contributed by atoms with E-state index in [2.05, 4.69) is 10.0 Å². The van der Waals surface area contributed by atoms with Crippen molar-refractivity contribution < 1.29 is 13.2 Å². The molecular formula is C14H16N2O3S2. The molecule has 0 saturated carbocycles. The molecule has 1 aromatic carbocycles. The molecule has 0 aliphatic rings. The van der Waals surface area contributed by atoms with Crippen LogP contribution in [-0.4, -0.2) is 27.4 Å². The monoisotopic (exact) mass is 324 g/mol. The number of hydrogen-bond acceptors (Lipinski definition) is 4. The number of rotatable bonds is 6. The van der Waals surface area contributed by atoms with Crippen LogP contribution in [-0.2, 0) is 10.0 Å². The van der Waals surface area contributed by atoms with E-state index in [4.69, 9.17) is 0 Å². The molecule has 21 heavy (non-hydrogen) atoms. The molecular weight excluding hydrogens is 308 g/mol. The number of amides is 1. The maximum absolute atomic E-state index is 11.8. The van der Waals surface area contributed by atoms with Gasteiger partial charge in [-0.15, -0.1) is 11.3 Å². The number of benzene rings is 1. The Labute approximate surface area is 128 Å². The van der Waals surface area contributed by atoms with Gasteiger partial charge in [0.1, 0.15) is 4.21 Å². The first-order valence-corrected chi connectivity index (χ1v) is 8.73. The highest BCUT2D eigenvalue weighted by atomic mass is 32.2. The van der Waals surface area contributed by atoms with Gasteiger partial charge in [0.25, 0.3) is 5.91 Å². The molecule has 112 valence electrons. The molecule has 0 saturated heterocycles. The smallest absolute Gasteiger partial charge is 0.251 e. The zero-order valence-corrected chi connectivity index (χ0v) is 13.1. The van der Waals surface area contributed by atoms with Crippen LogP contribution in [0, 0.1) is 6.92 Å².